The first-order valence-corrected chi connectivity index (χ1v) is 15.3. The molecule has 7 aromatic rings. The van der Waals surface area contributed by atoms with Gasteiger partial charge in [-0.3, -0.25) is 0 Å². The van der Waals surface area contributed by atoms with Gasteiger partial charge in [-0.05, 0) is 111 Å². The van der Waals surface area contributed by atoms with E-state index in [-0.39, 0.29) is 0 Å². The van der Waals surface area contributed by atoms with Crippen molar-refractivity contribution < 1.29 is 0 Å². The van der Waals surface area contributed by atoms with Crippen molar-refractivity contribution in [2.24, 2.45) is 0 Å². The van der Waals surface area contributed by atoms with Crippen molar-refractivity contribution in [1.29, 1.82) is 5.41 Å². The molecule has 44 heavy (non-hydrogen) atoms. The van der Waals surface area contributed by atoms with E-state index in [9.17, 15) is 0 Å². The Balaban J connectivity index is 1.38. The fourth-order valence-corrected chi connectivity index (χ4v) is 7.38. The fraction of sp³-hybridized carbons (Fsp3) is 0.0714. The van der Waals surface area contributed by atoms with Gasteiger partial charge in [0.15, 0.2) is 0 Å². The predicted octanol–water partition coefficient (Wildman–Crippen LogP) is 11.0. The van der Waals surface area contributed by atoms with Crippen molar-refractivity contribution in [2.45, 2.75) is 19.8 Å². The zero-order valence-electron chi connectivity index (χ0n) is 24.8. The Hall–Kier alpha value is -5.47. The Kier molecular flexibility index (Phi) is 6.16. The van der Waals surface area contributed by atoms with Gasteiger partial charge < -0.3 is 9.98 Å². The molecule has 1 heterocycles. The monoisotopic (exact) mass is 564 g/mol. The molecule has 0 atom stereocenters. The van der Waals surface area contributed by atoms with Crippen LogP contribution in [-0.4, -0.2) is 10.8 Å². The Morgan fingerprint density at radius 2 is 1.45 bits per heavy atom. The first-order valence-electron chi connectivity index (χ1n) is 15.3. The number of aromatic nitrogens is 1. The number of fused-ring (bicyclic) bond motifs is 4. The van der Waals surface area contributed by atoms with Gasteiger partial charge in [0.05, 0.1) is 11.2 Å². The highest BCUT2D eigenvalue weighted by atomic mass is 15.0. The fourth-order valence-electron chi connectivity index (χ4n) is 7.38. The molecule has 0 bridgehead atoms. The lowest BCUT2D eigenvalue weighted by molar-refractivity contribution is 0.991. The number of rotatable bonds is 5. The van der Waals surface area contributed by atoms with Gasteiger partial charge in [-0.25, -0.2) is 0 Å². The van der Waals surface area contributed by atoms with Gasteiger partial charge in [-0.15, -0.1) is 0 Å². The third-order valence-electron chi connectivity index (χ3n) is 9.44. The van der Waals surface area contributed by atoms with E-state index in [4.69, 9.17) is 5.41 Å². The largest absolute Gasteiger partial charge is 0.309 e. The lowest BCUT2D eigenvalue weighted by Gasteiger charge is -2.25. The van der Waals surface area contributed by atoms with Gasteiger partial charge >= 0.3 is 0 Å². The Morgan fingerprint density at radius 3 is 2.25 bits per heavy atom. The lowest BCUT2D eigenvalue weighted by Crippen LogP contribution is -2.05. The number of allylic oxidation sites excluding steroid dienone is 1. The molecule has 0 amide bonds. The molecule has 0 aliphatic heterocycles. The van der Waals surface area contributed by atoms with Crippen molar-refractivity contribution in [3.63, 3.8) is 0 Å². The lowest BCUT2D eigenvalue weighted by atomic mass is 9.79. The van der Waals surface area contributed by atoms with Crippen molar-refractivity contribution in [3.8, 4) is 16.8 Å². The van der Waals surface area contributed by atoms with Gasteiger partial charge in [0.25, 0.3) is 0 Å². The van der Waals surface area contributed by atoms with Crippen LogP contribution in [0.3, 0.4) is 0 Å². The minimum Gasteiger partial charge on any atom is -0.309 e. The second-order valence-electron chi connectivity index (χ2n) is 11.7. The Morgan fingerprint density at radius 1 is 0.727 bits per heavy atom. The summed E-state index contributed by atoms with van der Waals surface area (Å²) in [6.45, 7) is 6.41. The van der Waals surface area contributed by atoms with E-state index in [1.54, 1.807) is 0 Å². The molecule has 0 radical (unpaired) electrons. The van der Waals surface area contributed by atoms with Crippen molar-refractivity contribution >= 4 is 56.4 Å². The summed E-state index contributed by atoms with van der Waals surface area (Å²) in [6, 6.07) is 41.4. The molecule has 0 spiro atoms. The summed E-state index contributed by atoms with van der Waals surface area (Å²) in [7, 11) is 0. The summed E-state index contributed by atoms with van der Waals surface area (Å²) in [4.78, 5) is 0. The standard InChI is InChI=1S/C42H32N2/c1-3-40-39(26-43)37-24-30(21-23-41(37)44(40)31-14-5-4-6-15-31)29-20-22-33-27(2)32-16-9-10-18-35(32)42(38(33)25-29)36-19-11-13-28-12-7-8-17-34(28)36/h3-19,21,23-26,43H,1,20,22H2,2H3. The molecular formula is C42H32N2. The summed E-state index contributed by atoms with van der Waals surface area (Å²) in [5, 5.41) is 14.6. The van der Waals surface area contributed by atoms with E-state index >= 15 is 0 Å². The molecule has 1 aliphatic carbocycles. The van der Waals surface area contributed by atoms with E-state index in [0.29, 0.717) is 0 Å². The second-order valence-corrected chi connectivity index (χ2v) is 11.7. The van der Waals surface area contributed by atoms with Crippen LogP contribution in [0.5, 0.6) is 0 Å². The summed E-state index contributed by atoms with van der Waals surface area (Å²) in [5.74, 6) is 0. The molecule has 210 valence electrons. The van der Waals surface area contributed by atoms with Crippen LogP contribution < -0.4 is 0 Å². The molecule has 1 aliphatic rings. The van der Waals surface area contributed by atoms with Crippen molar-refractivity contribution in [3.05, 3.63) is 155 Å². The SMILES string of the molecule is C=Cc1c(C=N)c2cc(C3=Cc4c(c(C)c5ccccc5c4-c4cccc5ccccc45)CC3)ccc2n1-c1ccccc1. The number of benzene rings is 6. The predicted molar refractivity (Wildman–Crippen MR) is 189 cm³/mol. The van der Waals surface area contributed by atoms with Gasteiger partial charge in [0.1, 0.15) is 0 Å². The maximum absolute atomic E-state index is 8.35. The van der Waals surface area contributed by atoms with Gasteiger partial charge in [0.2, 0.25) is 0 Å². The first-order chi connectivity index (χ1) is 21.7. The van der Waals surface area contributed by atoms with Crippen LogP contribution >= 0.6 is 0 Å². The summed E-state index contributed by atoms with van der Waals surface area (Å²) in [6.07, 6.45) is 7.76. The quantitative estimate of drug-likeness (QED) is 0.202. The average Bonchev–Trinajstić information content (AvgIpc) is 3.41. The van der Waals surface area contributed by atoms with Crippen LogP contribution in [0, 0.1) is 12.3 Å². The minimum absolute atomic E-state index is 0.899. The maximum Gasteiger partial charge on any atom is 0.0550 e. The Labute approximate surface area is 257 Å². The number of hydrogen-bond acceptors (Lipinski definition) is 1. The van der Waals surface area contributed by atoms with Crippen LogP contribution in [-0.2, 0) is 6.42 Å². The number of nitrogens with zero attached hydrogens (tertiary/aromatic N) is 1. The minimum atomic E-state index is 0.899. The third-order valence-corrected chi connectivity index (χ3v) is 9.44. The molecule has 1 aromatic heterocycles. The van der Waals surface area contributed by atoms with E-state index in [2.05, 4.69) is 133 Å². The number of nitrogens with one attached hydrogen (secondary N) is 1. The third kappa shape index (κ3) is 3.92. The van der Waals surface area contributed by atoms with E-state index in [1.807, 2.05) is 12.1 Å². The van der Waals surface area contributed by atoms with Crippen molar-refractivity contribution in [2.75, 3.05) is 0 Å². The number of aryl methyl sites for hydroxylation is 1. The smallest absolute Gasteiger partial charge is 0.0550 e. The summed E-state index contributed by atoms with van der Waals surface area (Å²) >= 11 is 0. The maximum atomic E-state index is 8.35. The molecule has 0 fully saturated rings. The zero-order chi connectivity index (χ0) is 29.8. The number of hydrogen-bond donors (Lipinski definition) is 1. The van der Waals surface area contributed by atoms with Gasteiger partial charge in [-0.1, -0.05) is 104 Å². The van der Waals surface area contributed by atoms with Crippen LogP contribution in [0.1, 0.15) is 39.9 Å². The molecule has 1 N–H and O–H groups in total. The average molecular weight is 565 g/mol. The molecule has 6 aromatic carbocycles. The van der Waals surface area contributed by atoms with Crippen LogP contribution in [0.25, 0.3) is 67.0 Å². The van der Waals surface area contributed by atoms with Crippen LogP contribution in [0.4, 0.5) is 0 Å². The highest BCUT2D eigenvalue weighted by Crippen LogP contribution is 2.45. The molecule has 0 unspecified atom stereocenters. The molecule has 2 nitrogen and oxygen atoms in total. The van der Waals surface area contributed by atoms with Crippen LogP contribution in [0.2, 0.25) is 0 Å². The Bertz CT molecular complexity index is 2310. The van der Waals surface area contributed by atoms with Gasteiger partial charge in [0, 0.05) is 22.9 Å². The van der Waals surface area contributed by atoms with E-state index in [1.165, 1.54) is 66.7 Å². The molecule has 0 saturated heterocycles. The first kappa shape index (κ1) is 26.2. The highest BCUT2D eigenvalue weighted by molar-refractivity contribution is 6.12. The molecule has 0 saturated carbocycles. The van der Waals surface area contributed by atoms with Gasteiger partial charge in [-0.2, -0.15) is 0 Å². The molecular weight excluding hydrogens is 532 g/mol. The number of para-hydroxylation sites is 1. The molecule has 8 rings (SSSR count). The zero-order valence-corrected chi connectivity index (χ0v) is 24.8. The summed E-state index contributed by atoms with van der Waals surface area (Å²) in [5.41, 5.74) is 13.3. The van der Waals surface area contributed by atoms with E-state index in [0.717, 1.165) is 40.7 Å². The highest BCUT2D eigenvalue weighted by Gasteiger charge is 2.23. The van der Waals surface area contributed by atoms with E-state index < -0.39 is 0 Å². The molecule has 2 heteroatoms. The van der Waals surface area contributed by atoms with Crippen LogP contribution in [0.15, 0.2) is 122 Å². The summed E-state index contributed by atoms with van der Waals surface area (Å²) < 4.78 is 2.21. The normalized spacial score (nSPS) is 12.8. The van der Waals surface area contributed by atoms with Crippen molar-refractivity contribution in [1.82, 2.24) is 4.57 Å². The second kappa shape index (κ2) is 10.4. The topological polar surface area (TPSA) is 28.8 Å².